The zero-order chi connectivity index (χ0) is 24.1. The summed E-state index contributed by atoms with van der Waals surface area (Å²) in [7, 11) is 0. The number of alkyl carbamates (subject to hydrolysis) is 1. The molecule has 0 aliphatic heterocycles. The third-order valence-corrected chi connectivity index (χ3v) is 5.33. The summed E-state index contributed by atoms with van der Waals surface area (Å²) < 4.78 is 9.03. The molecule has 0 saturated carbocycles. The number of thiocarbonyl (C=S) groups is 1. The lowest BCUT2D eigenvalue weighted by atomic mass is 10.2. The number of hydrogen-bond acceptors (Lipinski definition) is 4. The fourth-order valence-electron chi connectivity index (χ4n) is 2.73. The smallest absolute Gasteiger partial charge is 0.409 e. The highest BCUT2D eigenvalue weighted by Crippen LogP contribution is 2.29. The van der Waals surface area contributed by atoms with Crippen LogP contribution in [0.2, 0.25) is 0 Å². The molecule has 2 aromatic carbocycles. The van der Waals surface area contributed by atoms with Gasteiger partial charge < -0.3 is 20.1 Å². The van der Waals surface area contributed by atoms with E-state index in [4.69, 9.17) is 56.5 Å². The highest BCUT2D eigenvalue weighted by atomic mass is 35.6. The van der Waals surface area contributed by atoms with Gasteiger partial charge in [-0.2, -0.15) is 0 Å². The number of hydrogen-bond donors (Lipinski definition) is 3. The van der Waals surface area contributed by atoms with Gasteiger partial charge in [0.15, 0.2) is 11.3 Å². The van der Waals surface area contributed by atoms with E-state index in [9.17, 15) is 4.79 Å². The Labute approximate surface area is 215 Å². The summed E-state index contributed by atoms with van der Waals surface area (Å²) in [6.45, 7) is 2.94. The molecule has 2 rings (SSSR count). The topological polar surface area (TPSA) is 71.6 Å². The molecule has 2 aromatic rings. The summed E-state index contributed by atoms with van der Waals surface area (Å²) in [4.78, 5) is 12.2. The summed E-state index contributed by atoms with van der Waals surface area (Å²) in [5.41, 5.74) is 1.54. The molecule has 0 saturated heterocycles. The zero-order valence-corrected chi connectivity index (χ0v) is 21.4. The van der Waals surface area contributed by atoms with Gasteiger partial charge in [0.05, 0.1) is 6.61 Å². The van der Waals surface area contributed by atoms with Crippen LogP contribution in [0.3, 0.4) is 0 Å². The molecule has 33 heavy (non-hydrogen) atoms. The first-order valence-corrected chi connectivity index (χ1v) is 12.2. The lowest BCUT2D eigenvalue weighted by Crippen LogP contribution is -2.56. The van der Waals surface area contributed by atoms with E-state index in [1.54, 1.807) is 0 Å². The van der Waals surface area contributed by atoms with E-state index in [0.717, 1.165) is 24.2 Å². The summed E-state index contributed by atoms with van der Waals surface area (Å²) in [6.07, 6.45) is 2.71. The first-order valence-electron chi connectivity index (χ1n) is 10.6. The molecular weight excluding hydrogens is 505 g/mol. The molecule has 1 amide bonds. The van der Waals surface area contributed by atoms with E-state index in [0.29, 0.717) is 12.3 Å². The van der Waals surface area contributed by atoms with E-state index in [2.05, 4.69) is 22.9 Å². The van der Waals surface area contributed by atoms with Crippen molar-refractivity contribution in [3.8, 4) is 5.75 Å². The van der Waals surface area contributed by atoms with Gasteiger partial charge in [-0.3, -0.25) is 5.32 Å². The van der Waals surface area contributed by atoms with Crippen molar-refractivity contribution in [3.05, 3.63) is 60.2 Å². The van der Waals surface area contributed by atoms with Gasteiger partial charge in [0.25, 0.3) is 0 Å². The minimum absolute atomic E-state index is 0.0783. The average Bonchev–Trinajstić information content (AvgIpc) is 2.78. The lowest BCUT2D eigenvalue weighted by Gasteiger charge is -2.27. The van der Waals surface area contributed by atoms with Crippen LogP contribution >= 0.6 is 47.0 Å². The summed E-state index contributed by atoms with van der Waals surface area (Å²) in [5.74, 6) is 0.776. The van der Waals surface area contributed by atoms with Crippen molar-refractivity contribution < 1.29 is 14.3 Å². The minimum atomic E-state index is -1.88. The predicted molar refractivity (Wildman–Crippen MR) is 139 cm³/mol. The SMILES string of the molecule is CCCCCCOc1ccc(NC(=S)NC(NC(=O)OCc2ccccc2)C(Cl)(Cl)Cl)cc1. The van der Waals surface area contributed by atoms with Crippen LogP contribution in [-0.4, -0.2) is 27.8 Å². The number of carbonyl (C=O) groups is 1. The van der Waals surface area contributed by atoms with Gasteiger partial charge in [-0.05, 0) is 48.5 Å². The molecule has 3 N–H and O–H groups in total. The Morgan fingerprint density at radius 1 is 1.00 bits per heavy atom. The molecule has 0 aromatic heterocycles. The molecule has 0 fully saturated rings. The van der Waals surface area contributed by atoms with E-state index in [1.807, 2.05) is 54.6 Å². The summed E-state index contributed by atoms with van der Waals surface area (Å²) >= 11 is 23.3. The third-order valence-electron chi connectivity index (χ3n) is 4.46. The highest BCUT2D eigenvalue weighted by molar-refractivity contribution is 7.80. The van der Waals surface area contributed by atoms with E-state index in [-0.39, 0.29) is 11.7 Å². The number of ether oxygens (including phenoxy) is 2. The molecule has 0 spiro atoms. The average molecular weight is 533 g/mol. The Kier molecular flexibility index (Phi) is 11.9. The first kappa shape index (κ1) is 27.3. The molecule has 10 heteroatoms. The van der Waals surface area contributed by atoms with Crippen LogP contribution in [0.15, 0.2) is 54.6 Å². The second-order valence-corrected chi connectivity index (χ2v) is 9.99. The number of carbonyl (C=O) groups excluding carboxylic acids is 1. The Bertz CT molecular complexity index is 865. The Morgan fingerprint density at radius 2 is 1.70 bits per heavy atom. The lowest BCUT2D eigenvalue weighted by molar-refractivity contribution is 0.135. The molecule has 1 atom stereocenters. The molecule has 6 nitrogen and oxygen atoms in total. The van der Waals surface area contributed by atoms with E-state index < -0.39 is 16.1 Å². The molecule has 180 valence electrons. The van der Waals surface area contributed by atoms with Crippen molar-refractivity contribution >= 4 is 63.9 Å². The molecule has 0 bridgehead atoms. The van der Waals surface area contributed by atoms with Crippen LogP contribution in [0.4, 0.5) is 10.5 Å². The van der Waals surface area contributed by atoms with Crippen LogP contribution in [0.1, 0.15) is 38.2 Å². The number of halogens is 3. The maximum absolute atomic E-state index is 12.2. The number of nitrogens with one attached hydrogen (secondary N) is 3. The van der Waals surface area contributed by atoms with Gasteiger partial charge in [-0.25, -0.2) is 4.79 Å². The van der Waals surface area contributed by atoms with Crippen LogP contribution in [0, 0.1) is 0 Å². The van der Waals surface area contributed by atoms with Crippen molar-refractivity contribution in [2.24, 2.45) is 0 Å². The van der Waals surface area contributed by atoms with Gasteiger partial charge in [-0.15, -0.1) is 0 Å². The quantitative estimate of drug-likeness (QED) is 0.132. The standard InChI is InChI=1S/C23H28Cl3N3O3S/c1-2-3-4-8-15-31-19-13-11-18(12-14-19)27-21(33)28-20(23(24,25)26)29-22(30)32-16-17-9-6-5-7-10-17/h5-7,9-14,20H,2-4,8,15-16H2,1H3,(H,29,30)(H2,27,28,33). The summed E-state index contributed by atoms with van der Waals surface area (Å²) in [6, 6.07) is 16.6. The maximum atomic E-state index is 12.2. The fraction of sp³-hybridized carbons (Fsp3) is 0.391. The van der Waals surface area contributed by atoms with Crippen molar-refractivity contribution in [2.45, 2.75) is 49.2 Å². The Morgan fingerprint density at radius 3 is 2.33 bits per heavy atom. The van der Waals surface area contributed by atoms with Gasteiger partial charge in [0.1, 0.15) is 12.4 Å². The van der Waals surface area contributed by atoms with Crippen molar-refractivity contribution in [3.63, 3.8) is 0 Å². The maximum Gasteiger partial charge on any atom is 0.409 e. The zero-order valence-electron chi connectivity index (χ0n) is 18.3. The van der Waals surface area contributed by atoms with Crippen molar-refractivity contribution in [1.82, 2.24) is 10.6 Å². The number of unbranched alkanes of at least 4 members (excludes halogenated alkanes) is 3. The van der Waals surface area contributed by atoms with E-state index >= 15 is 0 Å². The van der Waals surface area contributed by atoms with Crippen LogP contribution in [0.25, 0.3) is 0 Å². The number of anilines is 1. The van der Waals surface area contributed by atoms with Gasteiger partial charge in [-0.1, -0.05) is 91.3 Å². The monoisotopic (exact) mass is 531 g/mol. The fourth-order valence-corrected chi connectivity index (χ4v) is 3.30. The summed E-state index contributed by atoms with van der Waals surface area (Å²) in [5, 5.41) is 8.40. The first-order chi connectivity index (χ1) is 15.8. The number of amides is 1. The van der Waals surface area contributed by atoms with Crippen LogP contribution in [-0.2, 0) is 11.3 Å². The van der Waals surface area contributed by atoms with E-state index in [1.165, 1.54) is 12.8 Å². The van der Waals surface area contributed by atoms with Crippen LogP contribution in [0.5, 0.6) is 5.75 Å². The van der Waals surface area contributed by atoms with Gasteiger partial charge in [0.2, 0.25) is 3.79 Å². The second-order valence-electron chi connectivity index (χ2n) is 7.21. The molecule has 0 heterocycles. The molecule has 0 aliphatic rings. The van der Waals surface area contributed by atoms with Gasteiger partial charge in [0, 0.05) is 5.69 Å². The molecule has 0 aliphatic carbocycles. The predicted octanol–water partition coefficient (Wildman–Crippen LogP) is 6.55. The second kappa shape index (κ2) is 14.4. The number of alkyl halides is 3. The normalized spacial score (nSPS) is 11.9. The van der Waals surface area contributed by atoms with Crippen molar-refractivity contribution in [1.29, 1.82) is 0 Å². The number of benzene rings is 2. The Hall–Kier alpha value is -1.93. The minimum Gasteiger partial charge on any atom is -0.494 e. The third kappa shape index (κ3) is 11.2. The molecule has 1 unspecified atom stereocenters. The van der Waals surface area contributed by atoms with Crippen LogP contribution < -0.4 is 20.7 Å². The van der Waals surface area contributed by atoms with Crippen molar-refractivity contribution in [2.75, 3.05) is 11.9 Å². The van der Waals surface area contributed by atoms with Gasteiger partial charge >= 0.3 is 6.09 Å². The molecule has 0 radical (unpaired) electrons. The number of rotatable bonds is 11. The molecular formula is C23H28Cl3N3O3S. The largest absolute Gasteiger partial charge is 0.494 e. The highest BCUT2D eigenvalue weighted by Gasteiger charge is 2.35. The Balaban J connectivity index is 1.82.